The van der Waals surface area contributed by atoms with Gasteiger partial charge in [0.2, 0.25) is 5.91 Å². The van der Waals surface area contributed by atoms with E-state index in [1.54, 1.807) is 7.05 Å². The summed E-state index contributed by atoms with van der Waals surface area (Å²) in [4.78, 5) is 28.1. The van der Waals surface area contributed by atoms with Gasteiger partial charge in [0, 0.05) is 38.3 Å². The monoisotopic (exact) mass is 417 g/mol. The van der Waals surface area contributed by atoms with Crippen molar-refractivity contribution in [2.45, 2.75) is 58.6 Å². The molecule has 0 radical (unpaired) electrons. The second kappa shape index (κ2) is 11.4. The van der Waals surface area contributed by atoms with Gasteiger partial charge in [-0.2, -0.15) is 0 Å². The molecule has 166 valence electrons. The third kappa shape index (κ3) is 8.71. The first-order chi connectivity index (χ1) is 14.3. The first kappa shape index (κ1) is 23.5. The van der Waals surface area contributed by atoms with Crippen molar-refractivity contribution in [1.82, 2.24) is 16.0 Å². The minimum atomic E-state index is -0.514. The number of hydrogen-bond acceptors (Lipinski definition) is 4. The SMILES string of the molecule is CN=C(NCCNC(=O)OC(C)(C)C)NCc1cccc(NC(=O)C2CCCC2)c1. The molecule has 4 N–H and O–H groups in total. The van der Waals surface area contributed by atoms with Crippen LogP contribution in [-0.4, -0.2) is 43.7 Å². The van der Waals surface area contributed by atoms with Gasteiger partial charge in [0.25, 0.3) is 0 Å². The number of benzene rings is 1. The van der Waals surface area contributed by atoms with E-state index >= 15 is 0 Å². The summed E-state index contributed by atoms with van der Waals surface area (Å²) in [6.45, 7) is 6.96. The number of hydrogen-bond donors (Lipinski definition) is 4. The molecule has 0 aromatic heterocycles. The summed E-state index contributed by atoms with van der Waals surface area (Å²) in [5.41, 5.74) is 1.34. The normalized spacial score (nSPS) is 14.9. The summed E-state index contributed by atoms with van der Waals surface area (Å²) >= 11 is 0. The molecule has 2 rings (SSSR count). The number of nitrogens with zero attached hydrogens (tertiary/aromatic N) is 1. The summed E-state index contributed by atoms with van der Waals surface area (Å²) < 4.78 is 5.19. The summed E-state index contributed by atoms with van der Waals surface area (Å²) in [6, 6.07) is 7.81. The van der Waals surface area contributed by atoms with Crippen LogP contribution in [-0.2, 0) is 16.1 Å². The third-order valence-electron chi connectivity index (χ3n) is 4.69. The Hall–Kier alpha value is -2.77. The Morgan fingerprint density at radius 1 is 1.10 bits per heavy atom. The average molecular weight is 418 g/mol. The molecule has 0 aliphatic heterocycles. The topological polar surface area (TPSA) is 104 Å². The predicted octanol–water partition coefficient (Wildman–Crippen LogP) is 3.00. The van der Waals surface area contributed by atoms with Crippen LogP contribution in [0.25, 0.3) is 0 Å². The number of carbonyl (C=O) groups excluding carboxylic acids is 2. The largest absolute Gasteiger partial charge is 0.444 e. The lowest BCUT2D eigenvalue weighted by molar-refractivity contribution is -0.119. The fourth-order valence-corrected chi connectivity index (χ4v) is 3.26. The van der Waals surface area contributed by atoms with E-state index in [9.17, 15) is 9.59 Å². The zero-order valence-corrected chi connectivity index (χ0v) is 18.5. The van der Waals surface area contributed by atoms with E-state index in [-0.39, 0.29) is 11.8 Å². The van der Waals surface area contributed by atoms with Gasteiger partial charge in [-0.3, -0.25) is 9.79 Å². The van der Waals surface area contributed by atoms with E-state index in [0.29, 0.717) is 25.6 Å². The number of ether oxygens (including phenoxy) is 1. The van der Waals surface area contributed by atoms with E-state index in [0.717, 1.165) is 36.9 Å². The Kier molecular flexibility index (Phi) is 8.95. The molecule has 0 unspecified atom stereocenters. The van der Waals surface area contributed by atoms with Gasteiger partial charge in [-0.15, -0.1) is 0 Å². The molecular weight excluding hydrogens is 382 g/mol. The quantitative estimate of drug-likeness (QED) is 0.310. The molecule has 8 nitrogen and oxygen atoms in total. The van der Waals surface area contributed by atoms with Crippen LogP contribution in [0.2, 0.25) is 0 Å². The molecular formula is C22H35N5O3. The molecule has 30 heavy (non-hydrogen) atoms. The van der Waals surface area contributed by atoms with Crippen LogP contribution in [0.3, 0.4) is 0 Å². The van der Waals surface area contributed by atoms with Gasteiger partial charge in [0.1, 0.15) is 5.60 Å². The Balaban J connectivity index is 1.72. The predicted molar refractivity (Wildman–Crippen MR) is 119 cm³/mol. The Labute approximate surface area is 179 Å². The molecule has 1 aliphatic carbocycles. The van der Waals surface area contributed by atoms with E-state index in [4.69, 9.17) is 4.74 Å². The lowest BCUT2D eigenvalue weighted by Gasteiger charge is -2.20. The number of aliphatic imine (C=N–C) groups is 1. The second-order valence-corrected chi connectivity index (χ2v) is 8.45. The summed E-state index contributed by atoms with van der Waals surface area (Å²) in [5, 5.41) is 12.1. The van der Waals surface area contributed by atoms with Crippen molar-refractivity contribution < 1.29 is 14.3 Å². The van der Waals surface area contributed by atoms with Crippen molar-refractivity contribution in [3.05, 3.63) is 29.8 Å². The first-order valence-corrected chi connectivity index (χ1v) is 10.6. The molecule has 0 spiro atoms. The standard InChI is InChI=1S/C22H35N5O3/c1-22(2,3)30-21(29)25-13-12-24-20(23-4)26-15-16-8-7-11-18(14-16)27-19(28)17-9-5-6-10-17/h7-8,11,14,17H,5-6,9-10,12-13,15H2,1-4H3,(H,25,29)(H,27,28)(H2,23,24,26). The second-order valence-electron chi connectivity index (χ2n) is 8.45. The summed E-state index contributed by atoms with van der Waals surface area (Å²) in [7, 11) is 1.69. The van der Waals surface area contributed by atoms with Gasteiger partial charge in [-0.25, -0.2) is 4.79 Å². The van der Waals surface area contributed by atoms with Crippen LogP contribution in [0.5, 0.6) is 0 Å². The number of guanidine groups is 1. The van der Waals surface area contributed by atoms with E-state index in [2.05, 4.69) is 26.3 Å². The lowest BCUT2D eigenvalue weighted by atomic mass is 10.1. The number of carbonyl (C=O) groups is 2. The maximum absolute atomic E-state index is 12.3. The van der Waals surface area contributed by atoms with E-state index in [1.165, 1.54) is 0 Å². The lowest BCUT2D eigenvalue weighted by Crippen LogP contribution is -2.42. The highest BCUT2D eigenvalue weighted by molar-refractivity contribution is 5.92. The van der Waals surface area contributed by atoms with Crippen LogP contribution in [0, 0.1) is 5.92 Å². The minimum absolute atomic E-state index is 0.118. The van der Waals surface area contributed by atoms with Gasteiger partial charge in [0.15, 0.2) is 5.96 Å². The maximum atomic E-state index is 12.3. The van der Waals surface area contributed by atoms with Gasteiger partial charge in [0.05, 0.1) is 0 Å². The minimum Gasteiger partial charge on any atom is -0.444 e. The van der Waals surface area contributed by atoms with Gasteiger partial charge < -0.3 is 26.0 Å². The van der Waals surface area contributed by atoms with Crippen LogP contribution in [0.1, 0.15) is 52.0 Å². The molecule has 8 heteroatoms. The molecule has 0 saturated heterocycles. The molecule has 1 fully saturated rings. The fourth-order valence-electron chi connectivity index (χ4n) is 3.26. The highest BCUT2D eigenvalue weighted by Gasteiger charge is 2.22. The van der Waals surface area contributed by atoms with Crippen LogP contribution in [0.4, 0.5) is 10.5 Å². The molecule has 1 aliphatic rings. The van der Waals surface area contributed by atoms with Crippen molar-refractivity contribution >= 4 is 23.6 Å². The number of nitrogens with one attached hydrogen (secondary N) is 4. The fraction of sp³-hybridized carbons (Fsp3) is 0.591. The van der Waals surface area contributed by atoms with E-state index in [1.807, 2.05) is 45.0 Å². The molecule has 1 aromatic rings. The zero-order chi connectivity index (χ0) is 22.0. The summed E-state index contributed by atoms with van der Waals surface area (Å²) in [5.74, 6) is 0.887. The number of rotatable bonds is 7. The molecule has 2 amide bonds. The Bertz CT molecular complexity index is 737. The van der Waals surface area contributed by atoms with Crippen LogP contribution in [0.15, 0.2) is 29.3 Å². The number of anilines is 1. The molecule has 1 saturated carbocycles. The number of amides is 2. The molecule has 0 bridgehead atoms. The highest BCUT2D eigenvalue weighted by Crippen LogP contribution is 2.26. The molecule has 0 atom stereocenters. The van der Waals surface area contributed by atoms with Crippen molar-refractivity contribution in [3.8, 4) is 0 Å². The van der Waals surface area contributed by atoms with Gasteiger partial charge in [-0.05, 0) is 51.3 Å². The maximum Gasteiger partial charge on any atom is 0.407 e. The Morgan fingerprint density at radius 2 is 1.80 bits per heavy atom. The average Bonchev–Trinajstić information content (AvgIpc) is 3.21. The van der Waals surface area contributed by atoms with Crippen molar-refractivity contribution in [2.75, 3.05) is 25.5 Å². The molecule has 0 heterocycles. The van der Waals surface area contributed by atoms with Crippen molar-refractivity contribution in [2.24, 2.45) is 10.9 Å². The van der Waals surface area contributed by atoms with E-state index < -0.39 is 11.7 Å². The third-order valence-corrected chi connectivity index (χ3v) is 4.69. The van der Waals surface area contributed by atoms with Crippen LogP contribution < -0.4 is 21.3 Å². The highest BCUT2D eigenvalue weighted by atomic mass is 16.6. The first-order valence-electron chi connectivity index (χ1n) is 10.6. The smallest absolute Gasteiger partial charge is 0.407 e. The molecule has 1 aromatic carbocycles. The zero-order valence-electron chi connectivity index (χ0n) is 18.5. The van der Waals surface area contributed by atoms with Crippen molar-refractivity contribution in [1.29, 1.82) is 0 Å². The van der Waals surface area contributed by atoms with Crippen LogP contribution >= 0.6 is 0 Å². The van der Waals surface area contributed by atoms with Gasteiger partial charge >= 0.3 is 6.09 Å². The summed E-state index contributed by atoms with van der Waals surface area (Å²) in [6.07, 6.45) is 3.81. The number of alkyl carbamates (subject to hydrolysis) is 1. The van der Waals surface area contributed by atoms with Gasteiger partial charge in [-0.1, -0.05) is 25.0 Å². The van der Waals surface area contributed by atoms with Crippen molar-refractivity contribution in [3.63, 3.8) is 0 Å². The Morgan fingerprint density at radius 3 is 2.47 bits per heavy atom.